The number of thiophene rings is 1. The minimum Gasteiger partial charge on any atom is -0.381 e. The Morgan fingerprint density at radius 1 is 1.36 bits per heavy atom. The molecule has 5 nitrogen and oxygen atoms in total. The highest BCUT2D eigenvalue weighted by atomic mass is 35.5. The second-order valence-corrected chi connectivity index (χ2v) is 7.68. The summed E-state index contributed by atoms with van der Waals surface area (Å²) in [7, 11) is 0. The Kier molecular flexibility index (Phi) is 5.57. The Bertz CT molecular complexity index is 497. The van der Waals surface area contributed by atoms with Gasteiger partial charge in [0.15, 0.2) is 0 Å². The topological polar surface area (TPSA) is 44.8 Å². The molecule has 0 radical (unpaired) electrons. The van der Waals surface area contributed by atoms with Gasteiger partial charge in [-0.1, -0.05) is 11.6 Å². The predicted molar refractivity (Wildman–Crippen MR) is 88.5 cm³/mol. The summed E-state index contributed by atoms with van der Waals surface area (Å²) < 4.78 is 6.16. The van der Waals surface area contributed by atoms with Gasteiger partial charge in [-0.05, 0) is 18.6 Å². The van der Waals surface area contributed by atoms with Gasteiger partial charge in [0.2, 0.25) is 0 Å². The number of piperazine rings is 1. The summed E-state index contributed by atoms with van der Waals surface area (Å²) in [6.07, 6.45) is 1.05. The lowest BCUT2D eigenvalue weighted by Gasteiger charge is -2.34. The minimum absolute atomic E-state index is 0.0609. The molecule has 7 heteroatoms. The van der Waals surface area contributed by atoms with Crippen LogP contribution in [0.2, 0.25) is 4.34 Å². The molecule has 1 aromatic rings. The van der Waals surface area contributed by atoms with Crippen LogP contribution in [0.3, 0.4) is 0 Å². The fraction of sp³-hybridized carbons (Fsp3) is 0.667. The van der Waals surface area contributed by atoms with Crippen molar-refractivity contribution in [2.45, 2.75) is 13.0 Å². The molecule has 2 amide bonds. The zero-order chi connectivity index (χ0) is 15.4. The van der Waals surface area contributed by atoms with Gasteiger partial charge in [-0.15, -0.1) is 11.3 Å². The number of nitrogens with one attached hydrogen (secondary N) is 1. The Morgan fingerprint density at radius 3 is 2.82 bits per heavy atom. The molecule has 0 aromatic carbocycles. The van der Waals surface area contributed by atoms with Crippen LogP contribution >= 0.6 is 22.9 Å². The summed E-state index contributed by atoms with van der Waals surface area (Å²) >= 11 is 7.59. The number of carbonyl (C=O) groups is 1. The Morgan fingerprint density at radius 2 is 2.18 bits per heavy atom. The zero-order valence-corrected chi connectivity index (χ0v) is 14.2. The van der Waals surface area contributed by atoms with Crippen molar-refractivity contribution < 1.29 is 9.53 Å². The molecule has 2 aliphatic heterocycles. The first-order chi connectivity index (χ1) is 10.7. The van der Waals surface area contributed by atoms with Crippen LogP contribution in [0.1, 0.15) is 11.3 Å². The van der Waals surface area contributed by atoms with Crippen LogP contribution in [-0.4, -0.2) is 61.8 Å². The lowest BCUT2D eigenvalue weighted by Crippen LogP contribution is -2.52. The van der Waals surface area contributed by atoms with Crippen molar-refractivity contribution in [3.63, 3.8) is 0 Å². The monoisotopic (exact) mass is 343 g/mol. The van der Waals surface area contributed by atoms with Crippen molar-refractivity contribution in [2.24, 2.45) is 5.92 Å². The number of hydrogen-bond acceptors (Lipinski definition) is 4. The first kappa shape index (κ1) is 16.1. The number of rotatable bonds is 4. The molecule has 0 aliphatic carbocycles. The average Bonchev–Trinajstić information content (AvgIpc) is 3.17. The van der Waals surface area contributed by atoms with E-state index >= 15 is 0 Å². The van der Waals surface area contributed by atoms with E-state index < -0.39 is 0 Å². The fourth-order valence-electron chi connectivity index (χ4n) is 2.85. The van der Waals surface area contributed by atoms with E-state index in [1.54, 1.807) is 11.3 Å². The molecule has 2 saturated heterocycles. The van der Waals surface area contributed by atoms with E-state index in [2.05, 4.69) is 16.3 Å². The maximum atomic E-state index is 12.2. The zero-order valence-electron chi connectivity index (χ0n) is 12.6. The van der Waals surface area contributed by atoms with E-state index in [0.717, 1.165) is 63.2 Å². The van der Waals surface area contributed by atoms with Crippen LogP contribution in [0.25, 0.3) is 0 Å². The van der Waals surface area contributed by atoms with E-state index in [0.29, 0.717) is 5.92 Å². The molecule has 1 atom stereocenters. The quantitative estimate of drug-likeness (QED) is 0.912. The van der Waals surface area contributed by atoms with Gasteiger partial charge >= 0.3 is 6.03 Å². The maximum Gasteiger partial charge on any atom is 0.317 e. The molecule has 22 heavy (non-hydrogen) atoms. The van der Waals surface area contributed by atoms with Crippen molar-refractivity contribution in [1.82, 2.24) is 15.1 Å². The van der Waals surface area contributed by atoms with Gasteiger partial charge in [0, 0.05) is 56.7 Å². The molecule has 1 aromatic heterocycles. The van der Waals surface area contributed by atoms with Crippen molar-refractivity contribution >= 4 is 29.0 Å². The summed E-state index contributed by atoms with van der Waals surface area (Å²) in [6.45, 7) is 6.64. The van der Waals surface area contributed by atoms with Gasteiger partial charge in [-0.2, -0.15) is 0 Å². The summed E-state index contributed by atoms with van der Waals surface area (Å²) in [5, 5.41) is 3.04. The molecule has 1 N–H and O–H groups in total. The summed E-state index contributed by atoms with van der Waals surface area (Å²) in [4.78, 5) is 17.7. The van der Waals surface area contributed by atoms with Crippen LogP contribution in [0.15, 0.2) is 12.1 Å². The van der Waals surface area contributed by atoms with Crippen LogP contribution in [0, 0.1) is 5.92 Å². The third-order valence-corrected chi connectivity index (χ3v) is 5.45. The maximum absolute atomic E-state index is 12.2. The van der Waals surface area contributed by atoms with Crippen molar-refractivity contribution in [3.8, 4) is 0 Å². The van der Waals surface area contributed by atoms with Crippen molar-refractivity contribution in [1.29, 1.82) is 0 Å². The summed E-state index contributed by atoms with van der Waals surface area (Å²) in [5.74, 6) is 0.480. The number of hydrogen-bond donors (Lipinski definition) is 1. The molecule has 3 heterocycles. The second kappa shape index (κ2) is 7.64. The average molecular weight is 344 g/mol. The molecule has 0 saturated carbocycles. The minimum atomic E-state index is 0.0609. The van der Waals surface area contributed by atoms with E-state index in [4.69, 9.17) is 16.3 Å². The predicted octanol–water partition coefficient (Wildman–Crippen LogP) is 2.27. The van der Waals surface area contributed by atoms with Crippen molar-refractivity contribution in [3.05, 3.63) is 21.3 Å². The van der Waals surface area contributed by atoms with Gasteiger partial charge in [0.25, 0.3) is 0 Å². The summed E-state index contributed by atoms with van der Waals surface area (Å²) in [6, 6.07) is 4.08. The summed E-state index contributed by atoms with van der Waals surface area (Å²) in [5.41, 5.74) is 0. The number of carbonyl (C=O) groups excluding carboxylic acids is 1. The molecule has 3 rings (SSSR count). The third-order valence-electron chi connectivity index (χ3n) is 4.23. The molecular weight excluding hydrogens is 322 g/mol. The SMILES string of the molecule is O=C(NCC1CCOC1)N1CCN(Cc2ccc(Cl)s2)CC1. The number of amides is 2. The molecule has 0 bridgehead atoms. The Hall–Kier alpha value is -0.820. The molecule has 122 valence electrons. The second-order valence-electron chi connectivity index (χ2n) is 5.88. The normalized spacial score (nSPS) is 23.0. The molecular formula is C15H22ClN3O2S. The van der Waals surface area contributed by atoms with Crippen LogP contribution < -0.4 is 5.32 Å². The van der Waals surface area contributed by atoms with Crippen LogP contribution in [-0.2, 0) is 11.3 Å². The van der Waals surface area contributed by atoms with E-state index in [-0.39, 0.29) is 6.03 Å². The van der Waals surface area contributed by atoms with Gasteiger partial charge < -0.3 is 15.0 Å². The number of ether oxygens (including phenoxy) is 1. The number of halogens is 1. The largest absolute Gasteiger partial charge is 0.381 e. The highest BCUT2D eigenvalue weighted by molar-refractivity contribution is 7.16. The first-order valence-corrected chi connectivity index (χ1v) is 8.97. The van der Waals surface area contributed by atoms with E-state index in [1.807, 2.05) is 11.0 Å². The number of nitrogens with zero attached hydrogens (tertiary/aromatic N) is 2. The van der Waals surface area contributed by atoms with E-state index in [1.165, 1.54) is 4.88 Å². The smallest absolute Gasteiger partial charge is 0.317 e. The van der Waals surface area contributed by atoms with E-state index in [9.17, 15) is 4.79 Å². The van der Waals surface area contributed by atoms with Crippen molar-refractivity contribution in [2.75, 3.05) is 45.9 Å². The van der Waals surface area contributed by atoms with Gasteiger partial charge in [0.05, 0.1) is 10.9 Å². The van der Waals surface area contributed by atoms with Crippen LogP contribution in [0.5, 0.6) is 0 Å². The lowest BCUT2D eigenvalue weighted by molar-refractivity contribution is 0.134. The molecule has 2 fully saturated rings. The molecule has 2 aliphatic rings. The highest BCUT2D eigenvalue weighted by Gasteiger charge is 2.23. The van der Waals surface area contributed by atoms with Gasteiger partial charge in [0.1, 0.15) is 0 Å². The molecule has 1 unspecified atom stereocenters. The highest BCUT2D eigenvalue weighted by Crippen LogP contribution is 2.23. The third kappa shape index (κ3) is 4.35. The Balaban J connectivity index is 1.38. The Labute approximate surface area is 140 Å². The number of urea groups is 1. The van der Waals surface area contributed by atoms with Gasteiger partial charge in [-0.3, -0.25) is 4.90 Å². The van der Waals surface area contributed by atoms with Crippen LogP contribution in [0.4, 0.5) is 4.79 Å². The fourth-order valence-corrected chi connectivity index (χ4v) is 3.98. The van der Waals surface area contributed by atoms with Gasteiger partial charge in [-0.25, -0.2) is 4.79 Å². The first-order valence-electron chi connectivity index (χ1n) is 7.78. The standard InChI is InChI=1S/C15H22ClN3O2S/c16-14-2-1-13(22-14)10-18-4-6-19(7-5-18)15(20)17-9-12-3-8-21-11-12/h1-2,12H,3-11H2,(H,17,20). The molecule has 0 spiro atoms. The lowest BCUT2D eigenvalue weighted by atomic mass is 10.1.